The Labute approximate surface area is 87.7 Å². The lowest BCUT2D eigenvalue weighted by Gasteiger charge is -2.13. The fraction of sp³-hybridized carbons (Fsp3) is 0.778. The Balaban J connectivity index is 2.05. The molecule has 0 spiro atoms. The van der Waals surface area contributed by atoms with Crippen molar-refractivity contribution in [3.63, 3.8) is 0 Å². The molecule has 86 valence electrons. The summed E-state index contributed by atoms with van der Waals surface area (Å²) in [6.45, 7) is 0.807. The van der Waals surface area contributed by atoms with Gasteiger partial charge < -0.3 is 20.8 Å². The number of carboxylic acid groups (broad SMARTS) is 1. The lowest BCUT2D eigenvalue weighted by Crippen LogP contribution is -2.39. The first-order valence-corrected chi connectivity index (χ1v) is 4.98. The lowest BCUT2D eigenvalue weighted by molar-refractivity contribution is -0.139. The minimum Gasteiger partial charge on any atom is -0.481 e. The van der Waals surface area contributed by atoms with Gasteiger partial charge in [-0.1, -0.05) is 0 Å². The zero-order valence-corrected chi connectivity index (χ0v) is 8.40. The van der Waals surface area contributed by atoms with Crippen LogP contribution < -0.4 is 10.6 Å². The highest BCUT2D eigenvalue weighted by Gasteiger charge is 2.20. The highest BCUT2D eigenvalue weighted by molar-refractivity contribution is 5.78. The molecule has 0 aromatic carbocycles. The molecule has 1 aliphatic heterocycles. The SMILES string of the molecule is O=C(O)CC(O)CNCC1CCC(=O)N1. The van der Waals surface area contributed by atoms with Crippen LogP contribution in [0.1, 0.15) is 19.3 Å². The molecule has 2 unspecified atom stereocenters. The van der Waals surface area contributed by atoms with E-state index in [2.05, 4.69) is 10.6 Å². The fourth-order valence-electron chi connectivity index (χ4n) is 1.53. The van der Waals surface area contributed by atoms with E-state index in [4.69, 9.17) is 5.11 Å². The van der Waals surface area contributed by atoms with Gasteiger partial charge in [0.25, 0.3) is 0 Å². The second-order valence-corrected chi connectivity index (χ2v) is 3.71. The highest BCUT2D eigenvalue weighted by atomic mass is 16.4. The number of nitrogens with one attached hydrogen (secondary N) is 2. The molecule has 0 saturated carbocycles. The molecule has 6 nitrogen and oxygen atoms in total. The molecule has 0 radical (unpaired) electrons. The molecule has 0 aliphatic carbocycles. The number of aliphatic carboxylic acids is 1. The largest absolute Gasteiger partial charge is 0.481 e. The zero-order chi connectivity index (χ0) is 11.3. The monoisotopic (exact) mass is 216 g/mol. The maximum absolute atomic E-state index is 10.8. The number of carbonyl (C=O) groups excluding carboxylic acids is 1. The van der Waals surface area contributed by atoms with Crippen LogP contribution in [0, 0.1) is 0 Å². The number of carboxylic acids is 1. The minimum atomic E-state index is -1.02. The lowest BCUT2D eigenvalue weighted by atomic mass is 10.2. The summed E-state index contributed by atoms with van der Waals surface area (Å²) in [4.78, 5) is 21.1. The summed E-state index contributed by atoms with van der Waals surface area (Å²) in [6.07, 6.45) is 0.203. The quantitative estimate of drug-likeness (QED) is 0.442. The van der Waals surface area contributed by atoms with Crippen LogP contribution in [0.15, 0.2) is 0 Å². The topological polar surface area (TPSA) is 98.7 Å². The predicted octanol–water partition coefficient (Wildman–Crippen LogP) is -1.31. The van der Waals surface area contributed by atoms with E-state index in [1.165, 1.54) is 0 Å². The van der Waals surface area contributed by atoms with Crippen LogP contribution in [0.3, 0.4) is 0 Å². The van der Waals surface area contributed by atoms with Gasteiger partial charge in [0.2, 0.25) is 5.91 Å². The van der Waals surface area contributed by atoms with Crippen LogP contribution in [-0.4, -0.2) is 47.3 Å². The predicted molar refractivity (Wildman–Crippen MR) is 52.3 cm³/mol. The summed E-state index contributed by atoms with van der Waals surface area (Å²) in [5.41, 5.74) is 0. The molecular formula is C9H16N2O4. The molecule has 0 aromatic heterocycles. The summed E-state index contributed by atoms with van der Waals surface area (Å²) in [7, 11) is 0. The fourth-order valence-corrected chi connectivity index (χ4v) is 1.53. The molecule has 2 atom stereocenters. The van der Waals surface area contributed by atoms with Gasteiger partial charge in [-0.05, 0) is 6.42 Å². The number of amides is 1. The van der Waals surface area contributed by atoms with Crippen LogP contribution in [0.2, 0.25) is 0 Å². The highest BCUT2D eigenvalue weighted by Crippen LogP contribution is 2.04. The standard InChI is InChI=1S/C9H16N2O4/c12-7(3-9(14)15)5-10-4-6-1-2-8(13)11-6/h6-7,10,12H,1-5H2,(H,11,13)(H,14,15). The van der Waals surface area contributed by atoms with E-state index in [0.29, 0.717) is 13.0 Å². The number of aliphatic hydroxyl groups is 1. The van der Waals surface area contributed by atoms with Crippen LogP contribution >= 0.6 is 0 Å². The van der Waals surface area contributed by atoms with E-state index >= 15 is 0 Å². The third-order valence-corrected chi connectivity index (χ3v) is 2.27. The van der Waals surface area contributed by atoms with Gasteiger partial charge in [-0.25, -0.2) is 0 Å². The second kappa shape index (κ2) is 5.67. The molecule has 6 heteroatoms. The molecule has 15 heavy (non-hydrogen) atoms. The first kappa shape index (κ1) is 11.9. The smallest absolute Gasteiger partial charge is 0.306 e. The van der Waals surface area contributed by atoms with Crippen molar-refractivity contribution in [3.8, 4) is 0 Å². The summed E-state index contributed by atoms with van der Waals surface area (Å²) < 4.78 is 0. The van der Waals surface area contributed by atoms with Crippen molar-refractivity contribution in [2.45, 2.75) is 31.4 Å². The molecular weight excluding hydrogens is 200 g/mol. The maximum atomic E-state index is 10.8. The van der Waals surface area contributed by atoms with Crippen molar-refractivity contribution in [1.82, 2.24) is 10.6 Å². The summed E-state index contributed by atoms with van der Waals surface area (Å²) in [6, 6.07) is 0.106. The normalized spacial score (nSPS) is 22.5. The van der Waals surface area contributed by atoms with Crippen molar-refractivity contribution in [2.75, 3.05) is 13.1 Å². The van der Waals surface area contributed by atoms with Crippen LogP contribution in [0.5, 0.6) is 0 Å². The van der Waals surface area contributed by atoms with Crippen molar-refractivity contribution in [2.24, 2.45) is 0 Å². The number of hydrogen-bond donors (Lipinski definition) is 4. The first-order valence-electron chi connectivity index (χ1n) is 4.98. The number of hydrogen-bond acceptors (Lipinski definition) is 4. The molecule has 1 fully saturated rings. The van der Waals surface area contributed by atoms with E-state index in [9.17, 15) is 14.7 Å². The number of rotatable bonds is 6. The summed E-state index contributed by atoms with van der Waals surface area (Å²) in [5, 5.41) is 23.3. The molecule has 1 aliphatic rings. The van der Waals surface area contributed by atoms with E-state index in [1.807, 2.05) is 0 Å². The zero-order valence-electron chi connectivity index (χ0n) is 8.40. The van der Waals surface area contributed by atoms with Crippen LogP contribution in [0.4, 0.5) is 0 Å². The molecule has 1 rings (SSSR count). The van der Waals surface area contributed by atoms with Gasteiger partial charge in [0.05, 0.1) is 12.5 Å². The van der Waals surface area contributed by atoms with Gasteiger partial charge in [-0.3, -0.25) is 9.59 Å². The molecule has 4 N–H and O–H groups in total. The van der Waals surface area contributed by atoms with E-state index in [0.717, 1.165) is 6.42 Å². The number of carbonyl (C=O) groups is 2. The van der Waals surface area contributed by atoms with Gasteiger partial charge in [-0.2, -0.15) is 0 Å². The molecule has 1 amide bonds. The van der Waals surface area contributed by atoms with Gasteiger partial charge >= 0.3 is 5.97 Å². The van der Waals surface area contributed by atoms with Gasteiger partial charge in [-0.15, -0.1) is 0 Å². The minimum absolute atomic E-state index is 0.0490. The van der Waals surface area contributed by atoms with Crippen molar-refractivity contribution in [3.05, 3.63) is 0 Å². The third-order valence-electron chi connectivity index (χ3n) is 2.27. The Bertz CT molecular complexity index is 244. The molecule has 0 aromatic rings. The Hall–Kier alpha value is -1.14. The Morgan fingerprint density at radius 3 is 2.93 bits per heavy atom. The van der Waals surface area contributed by atoms with Crippen molar-refractivity contribution in [1.29, 1.82) is 0 Å². The van der Waals surface area contributed by atoms with Crippen molar-refractivity contribution >= 4 is 11.9 Å². The van der Waals surface area contributed by atoms with Crippen LogP contribution in [-0.2, 0) is 9.59 Å². The Morgan fingerprint density at radius 2 is 2.40 bits per heavy atom. The van der Waals surface area contributed by atoms with Gasteiger partial charge in [0, 0.05) is 25.6 Å². The molecule has 1 saturated heterocycles. The second-order valence-electron chi connectivity index (χ2n) is 3.71. The first-order chi connectivity index (χ1) is 7.08. The van der Waals surface area contributed by atoms with E-state index in [-0.39, 0.29) is 24.9 Å². The summed E-state index contributed by atoms with van der Waals surface area (Å²) >= 11 is 0. The maximum Gasteiger partial charge on any atom is 0.306 e. The summed E-state index contributed by atoms with van der Waals surface area (Å²) in [5.74, 6) is -0.966. The molecule has 0 bridgehead atoms. The Kier molecular flexibility index (Phi) is 4.51. The van der Waals surface area contributed by atoms with Crippen molar-refractivity contribution < 1.29 is 19.8 Å². The van der Waals surface area contributed by atoms with E-state index in [1.54, 1.807) is 0 Å². The van der Waals surface area contributed by atoms with Gasteiger partial charge in [0.1, 0.15) is 0 Å². The van der Waals surface area contributed by atoms with Crippen LogP contribution in [0.25, 0.3) is 0 Å². The Morgan fingerprint density at radius 1 is 1.67 bits per heavy atom. The number of aliphatic hydroxyl groups excluding tert-OH is 1. The van der Waals surface area contributed by atoms with E-state index < -0.39 is 12.1 Å². The average Bonchev–Trinajstić information content (AvgIpc) is 2.50. The van der Waals surface area contributed by atoms with Gasteiger partial charge in [0.15, 0.2) is 0 Å². The average molecular weight is 216 g/mol. The molecule has 1 heterocycles. The third kappa shape index (κ3) is 4.75.